The molecule has 3 rings (SSSR count). The number of fused-ring (bicyclic) bond motifs is 3. The highest BCUT2D eigenvalue weighted by atomic mass is 16.8. The normalized spacial score (nSPS) is 42.3. The van der Waals surface area contributed by atoms with E-state index in [0.717, 1.165) is 0 Å². The van der Waals surface area contributed by atoms with Crippen LogP contribution in [0.2, 0.25) is 0 Å². The maximum Gasteiger partial charge on any atom is 0.313 e. The van der Waals surface area contributed by atoms with Crippen molar-refractivity contribution in [2.45, 2.75) is 50.4 Å². The van der Waals surface area contributed by atoms with Gasteiger partial charge in [-0.3, -0.25) is 9.59 Å². The first-order valence-corrected chi connectivity index (χ1v) is 6.75. The third-order valence-corrected chi connectivity index (χ3v) is 4.25. The predicted octanol–water partition coefficient (Wildman–Crippen LogP) is -0.729. The van der Waals surface area contributed by atoms with Crippen molar-refractivity contribution in [3.8, 4) is 0 Å². The summed E-state index contributed by atoms with van der Waals surface area (Å²) in [6.45, 7) is 3.98. The Morgan fingerprint density at radius 1 is 1.45 bits per heavy atom. The van der Waals surface area contributed by atoms with E-state index in [-0.39, 0.29) is 18.4 Å². The van der Waals surface area contributed by atoms with E-state index in [4.69, 9.17) is 14.2 Å². The van der Waals surface area contributed by atoms with E-state index in [1.165, 1.54) is 7.11 Å². The van der Waals surface area contributed by atoms with Gasteiger partial charge in [-0.05, 0) is 13.8 Å². The fraction of sp³-hybridized carbons (Fsp3) is 0.846. The number of carbonyl (C=O) groups is 2. The number of esters is 1. The molecule has 0 aromatic carbocycles. The van der Waals surface area contributed by atoms with E-state index in [2.05, 4.69) is 0 Å². The molecule has 1 N–H and O–H groups in total. The van der Waals surface area contributed by atoms with Crippen LogP contribution in [0.3, 0.4) is 0 Å². The molecule has 3 heterocycles. The van der Waals surface area contributed by atoms with Gasteiger partial charge in [0.05, 0.1) is 32.2 Å². The second-order valence-corrected chi connectivity index (χ2v) is 6.00. The Morgan fingerprint density at radius 3 is 2.80 bits per heavy atom. The zero-order chi connectivity index (χ0) is 14.7. The minimum atomic E-state index is -1.04. The fourth-order valence-electron chi connectivity index (χ4n) is 3.54. The van der Waals surface area contributed by atoms with Gasteiger partial charge in [0, 0.05) is 0 Å². The minimum Gasteiger partial charge on any atom is -0.469 e. The summed E-state index contributed by atoms with van der Waals surface area (Å²) in [6, 6.07) is -0.523. The lowest BCUT2D eigenvalue weighted by molar-refractivity contribution is -0.185. The van der Waals surface area contributed by atoms with Crippen LogP contribution >= 0.6 is 0 Å². The molecule has 0 aromatic rings. The van der Waals surface area contributed by atoms with E-state index in [1.807, 2.05) is 0 Å². The average Bonchev–Trinajstić information content (AvgIpc) is 2.82. The van der Waals surface area contributed by atoms with Crippen LogP contribution < -0.4 is 0 Å². The van der Waals surface area contributed by atoms with Crippen molar-refractivity contribution in [3.05, 3.63) is 0 Å². The molecular weight excluding hydrogens is 266 g/mol. The Kier molecular flexibility index (Phi) is 3.04. The first-order chi connectivity index (χ1) is 9.34. The molecule has 0 saturated carbocycles. The Bertz CT molecular complexity index is 450. The number of hydrogen-bond acceptors (Lipinski definition) is 6. The summed E-state index contributed by atoms with van der Waals surface area (Å²) in [7, 11) is 1.28. The van der Waals surface area contributed by atoms with Crippen LogP contribution in [0.5, 0.6) is 0 Å². The quantitative estimate of drug-likeness (QED) is 0.639. The molecule has 3 saturated heterocycles. The van der Waals surface area contributed by atoms with E-state index in [0.29, 0.717) is 6.54 Å². The van der Waals surface area contributed by atoms with Gasteiger partial charge in [0.25, 0.3) is 0 Å². The molecule has 0 bridgehead atoms. The Labute approximate surface area is 116 Å². The van der Waals surface area contributed by atoms with Gasteiger partial charge in [0.1, 0.15) is 18.1 Å². The summed E-state index contributed by atoms with van der Waals surface area (Å²) in [4.78, 5) is 25.6. The van der Waals surface area contributed by atoms with E-state index in [9.17, 15) is 14.7 Å². The van der Waals surface area contributed by atoms with Gasteiger partial charge >= 0.3 is 5.97 Å². The zero-order valence-electron chi connectivity index (χ0n) is 11.7. The van der Waals surface area contributed by atoms with Gasteiger partial charge in [-0.1, -0.05) is 0 Å². The topological polar surface area (TPSA) is 85.3 Å². The summed E-state index contributed by atoms with van der Waals surface area (Å²) in [6.07, 6.45) is -1.79. The van der Waals surface area contributed by atoms with Crippen LogP contribution in [-0.2, 0) is 23.8 Å². The summed E-state index contributed by atoms with van der Waals surface area (Å²) in [5.41, 5.74) is 0. The SMILES string of the molecule is COC(=O)[C@H]1[C@@H]2[C@@H]3OC(C)(C)O[C@@H]3CN2C(=O)C[C@@H]1O. The number of carbonyl (C=O) groups excluding carboxylic acids is 2. The van der Waals surface area contributed by atoms with Gasteiger partial charge in [-0.15, -0.1) is 0 Å². The van der Waals surface area contributed by atoms with Crippen LogP contribution in [0.4, 0.5) is 0 Å². The van der Waals surface area contributed by atoms with Crippen molar-refractivity contribution < 1.29 is 28.9 Å². The number of nitrogens with zero attached hydrogens (tertiary/aromatic N) is 1. The van der Waals surface area contributed by atoms with Gasteiger partial charge < -0.3 is 24.2 Å². The van der Waals surface area contributed by atoms with Crippen molar-refractivity contribution >= 4 is 11.9 Å². The van der Waals surface area contributed by atoms with Crippen molar-refractivity contribution in [2.75, 3.05) is 13.7 Å². The summed E-state index contributed by atoms with van der Waals surface area (Å²) >= 11 is 0. The van der Waals surface area contributed by atoms with Crippen LogP contribution in [0.1, 0.15) is 20.3 Å². The fourth-order valence-corrected chi connectivity index (χ4v) is 3.54. The molecule has 0 spiro atoms. The number of piperidine rings is 1. The first-order valence-electron chi connectivity index (χ1n) is 6.75. The van der Waals surface area contributed by atoms with Gasteiger partial charge in [0.15, 0.2) is 5.79 Å². The van der Waals surface area contributed by atoms with Crippen molar-refractivity contribution in [3.63, 3.8) is 0 Å². The predicted molar refractivity (Wildman–Crippen MR) is 65.5 cm³/mol. The molecule has 7 nitrogen and oxygen atoms in total. The van der Waals surface area contributed by atoms with E-state index in [1.54, 1.807) is 18.7 Å². The third kappa shape index (κ3) is 1.92. The standard InChI is InChI=1S/C13H19NO6/c1-13(2)19-7-5-14-8(16)4-6(15)9(12(17)18-3)10(14)11(7)20-13/h6-7,9-11,15H,4-5H2,1-3H3/t6-,7+,9+,10+,11+/m0/s1. The summed E-state index contributed by atoms with van der Waals surface area (Å²) in [5.74, 6) is -2.23. The molecule has 112 valence electrons. The highest BCUT2D eigenvalue weighted by Gasteiger charge is 2.60. The van der Waals surface area contributed by atoms with E-state index >= 15 is 0 Å². The molecule has 20 heavy (non-hydrogen) atoms. The van der Waals surface area contributed by atoms with Gasteiger partial charge in [0.2, 0.25) is 5.91 Å². The lowest BCUT2D eigenvalue weighted by Crippen LogP contribution is -2.57. The van der Waals surface area contributed by atoms with E-state index < -0.39 is 35.9 Å². The molecule has 7 heteroatoms. The van der Waals surface area contributed by atoms with Crippen LogP contribution in [0, 0.1) is 5.92 Å². The average molecular weight is 285 g/mol. The molecule has 3 fully saturated rings. The maximum absolute atomic E-state index is 12.0. The third-order valence-electron chi connectivity index (χ3n) is 4.25. The van der Waals surface area contributed by atoms with Crippen molar-refractivity contribution in [1.29, 1.82) is 0 Å². The molecule has 0 aromatic heterocycles. The van der Waals surface area contributed by atoms with Crippen molar-refractivity contribution in [1.82, 2.24) is 4.90 Å². The highest BCUT2D eigenvalue weighted by Crippen LogP contribution is 2.42. The lowest BCUT2D eigenvalue weighted by Gasteiger charge is -2.40. The van der Waals surface area contributed by atoms with Crippen LogP contribution in [0.15, 0.2) is 0 Å². The number of rotatable bonds is 1. The number of ether oxygens (including phenoxy) is 3. The van der Waals surface area contributed by atoms with Crippen LogP contribution in [-0.4, -0.2) is 65.7 Å². The second-order valence-electron chi connectivity index (χ2n) is 6.00. The molecule has 3 aliphatic heterocycles. The molecule has 0 radical (unpaired) electrons. The van der Waals surface area contributed by atoms with Gasteiger partial charge in [-0.25, -0.2) is 0 Å². The number of aliphatic hydroxyl groups is 1. The smallest absolute Gasteiger partial charge is 0.313 e. The van der Waals surface area contributed by atoms with Gasteiger partial charge in [-0.2, -0.15) is 0 Å². The Balaban J connectivity index is 1.93. The Hall–Kier alpha value is -1.18. The zero-order valence-corrected chi connectivity index (χ0v) is 11.7. The highest BCUT2D eigenvalue weighted by molar-refractivity contribution is 5.84. The summed E-state index contributed by atoms with van der Waals surface area (Å²) in [5, 5.41) is 10.1. The first kappa shape index (κ1) is 13.8. The second kappa shape index (κ2) is 4.41. The monoisotopic (exact) mass is 285 g/mol. The number of methoxy groups -OCH3 is 1. The summed E-state index contributed by atoms with van der Waals surface area (Å²) < 4.78 is 16.4. The minimum absolute atomic E-state index is 0.0703. The molecule has 5 atom stereocenters. The molecule has 0 aliphatic carbocycles. The molecule has 0 unspecified atom stereocenters. The molecular formula is C13H19NO6. The maximum atomic E-state index is 12.0. The Morgan fingerprint density at radius 2 is 2.15 bits per heavy atom. The molecule has 3 aliphatic rings. The number of aliphatic hydroxyl groups excluding tert-OH is 1. The number of hydrogen-bond donors (Lipinski definition) is 1. The largest absolute Gasteiger partial charge is 0.469 e. The van der Waals surface area contributed by atoms with Crippen molar-refractivity contribution in [2.24, 2.45) is 5.92 Å². The van der Waals surface area contributed by atoms with Crippen LogP contribution in [0.25, 0.3) is 0 Å². The molecule has 1 amide bonds. The lowest BCUT2D eigenvalue weighted by atomic mass is 9.85. The number of amides is 1.